The molecular weight excluding hydrogens is 482 g/mol. The Morgan fingerprint density at radius 3 is 2.63 bits per heavy atom. The van der Waals surface area contributed by atoms with Crippen LogP contribution in [0.4, 0.5) is 16.2 Å². The number of nitrogens with one attached hydrogen (secondary N) is 2. The molecule has 10 heteroatoms. The van der Waals surface area contributed by atoms with Crippen molar-refractivity contribution < 1.29 is 14.3 Å². The van der Waals surface area contributed by atoms with E-state index in [0.717, 1.165) is 37.2 Å². The number of amides is 2. The molecule has 0 unspecified atom stereocenters. The summed E-state index contributed by atoms with van der Waals surface area (Å²) in [5, 5.41) is 19.4. The number of nitriles is 1. The molecule has 1 aliphatic rings. The number of para-hydroxylation sites is 2. The number of thiophene rings is 1. The van der Waals surface area contributed by atoms with Crippen molar-refractivity contribution in [3.63, 3.8) is 0 Å². The molecule has 1 fully saturated rings. The molecule has 0 saturated carbocycles. The SMILES string of the molecule is CC(C)(C)OC(=O)NC1CCN(c2ccccc2NC(=O)c2csc(-c3ccsc3C#N)n2)CC1. The van der Waals surface area contributed by atoms with Gasteiger partial charge < -0.3 is 20.3 Å². The minimum atomic E-state index is -0.526. The summed E-state index contributed by atoms with van der Waals surface area (Å²) in [6, 6.07) is 11.7. The molecular formula is C25H27N5O3S2. The van der Waals surface area contributed by atoms with Crippen LogP contribution in [0.25, 0.3) is 10.6 Å². The van der Waals surface area contributed by atoms with E-state index in [9.17, 15) is 14.9 Å². The predicted molar refractivity (Wildman–Crippen MR) is 139 cm³/mol. The zero-order valence-electron chi connectivity index (χ0n) is 19.8. The minimum absolute atomic E-state index is 0.0479. The van der Waals surface area contributed by atoms with Crippen molar-refractivity contribution in [1.82, 2.24) is 10.3 Å². The molecule has 1 aromatic carbocycles. The van der Waals surface area contributed by atoms with Gasteiger partial charge in [-0.1, -0.05) is 12.1 Å². The molecule has 1 saturated heterocycles. The van der Waals surface area contributed by atoms with Crippen LogP contribution in [-0.2, 0) is 4.74 Å². The Hall–Kier alpha value is -3.42. The normalized spacial score (nSPS) is 14.3. The van der Waals surface area contributed by atoms with E-state index < -0.39 is 11.7 Å². The van der Waals surface area contributed by atoms with Crippen LogP contribution < -0.4 is 15.5 Å². The number of nitrogens with zero attached hydrogens (tertiary/aromatic N) is 3. The average molecular weight is 510 g/mol. The second-order valence-corrected chi connectivity index (χ2v) is 11.0. The zero-order chi connectivity index (χ0) is 25.0. The fourth-order valence-corrected chi connectivity index (χ4v) is 5.43. The second kappa shape index (κ2) is 10.5. The van der Waals surface area contributed by atoms with Crippen LogP contribution in [0.15, 0.2) is 41.1 Å². The molecule has 2 amide bonds. The van der Waals surface area contributed by atoms with Gasteiger partial charge in [0.25, 0.3) is 5.91 Å². The summed E-state index contributed by atoms with van der Waals surface area (Å²) in [5.74, 6) is -0.296. The fourth-order valence-electron chi connectivity index (χ4n) is 3.85. The summed E-state index contributed by atoms with van der Waals surface area (Å²) >= 11 is 2.70. The van der Waals surface area contributed by atoms with Crippen molar-refractivity contribution in [3.8, 4) is 16.6 Å². The molecule has 1 aliphatic heterocycles. The first-order chi connectivity index (χ1) is 16.7. The van der Waals surface area contributed by atoms with Gasteiger partial charge in [0.2, 0.25) is 0 Å². The second-order valence-electron chi connectivity index (χ2n) is 9.19. The van der Waals surface area contributed by atoms with E-state index in [1.165, 1.54) is 22.7 Å². The first kappa shape index (κ1) is 24.7. The number of hydrogen-bond acceptors (Lipinski definition) is 8. The van der Waals surface area contributed by atoms with E-state index >= 15 is 0 Å². The third-order valence-electron chi connectivity index (χ3n) is 5.44. The van der Waals surface area contributed by atoms with Crippen LogP contribution in [0.3, 0.4) is 0 Å². The lowest BCUT2D eigenvalue weighted by Gasteiger charge is -2.35. The number of piperidine rings is 1. The third kappa shape index (κ3) is 6.18. The molecule has 2 N–H and O–H groups in total. The minimum Gasteiger partial charge on any atom is -0.444 e. The number of ether oxygens (including phenoxy) is 1. The summed E-state index contributed by atoms with van der Waals surface area (Å²) in [6.07, 6.45) is 1.16. The fraction of sp³-hybridized carbons (Fsp3) is 0.360. The Labute approximate surface area is 212 Å². The van der Waals surface area contributed by atoms with Crippen LogP contribution in [0.1, 0.15) is 49.0 Å². The maximum atomic E-state index is 13.0. The van der Waals surface area contributed by atoms with Gasteiger partial charge in [-0.25, -0.2) is 9.78 Å². The molecule has 0 bridgehead atoms. The molecule has 3 heterocycles. The highest BCUT2D eigenvalue weighted by molar-refractivity contribution is 7.14. The van der Waals surface area contributed by atoms with Gasteiger partial charge in [0, 0.05) is 30.1 Å². The highest BCUT2D eigenvalue weighted by Crippen LogP contribution is 2.32. The van der Waals surface area contributed by atoms with Gasteiger partial charge in [0.05, 0.1) is 11.4 Å². The Kier molecular flexibility index (Phi) is 7.38. The number of benzene rings is 1. The van der Waals surface area contributed by atoms with E-state index in [4.69, 9.17) is 4.74 Å². The summed E-state index contributed by atoms with van der Waals surface area (Å²) in [4.78, 5) is 32.3. The van der Waals surface area contributed by atoms with Crippen LogP contribution in [0.2, 0.25) is 0 Å². The molecule has 0 aliphatic carbocycles. The number of hydrogen-bond donors (Lipinski definition) is 2. The highest BCUT2D eigenvalue weighted by atomic mass is 32.1. The largest absolute Gasteiger partial charge is 0.444 e. The Bertz CT molecular complexity index is 1250. The Morgan fingerprint density at radius 1 is 1.17 bits per heavy atom. The number of carbonyl (C=O) groups excluding carboxylic acids is 2. The van der Waals surface area contributed by atoms with Gasteiger partial charge in [-0.15, -0.1) is 22.7 Å². The Morgan fingerprint density at radius 2 is 1.91 bits per heavy atom. The van der Waals surface area contributed by atoms with E-state index in [-0.39, 0.29) is 11.9 Å². The van der Waals surface area contributed by atoms with Gasteiger partial charge in [0.1, 0.15) is 27.2 Å². The van der Waals surface area contributed by atoms with Crippen LogP contribution in [0, 0.1) is 11.3 Å². The highest BCUT2D eigenvalue weighted by Gasteiger charge is 2.25. The number of alkyl carbamates (subject to hydrolysis) is 1. The molecule has 3 aromatic rings. The van der Waals surface area contributed by atoms with Gasteiger partial charge in [-0.2, -0.15) is 5.26 Å². The molecule has 35 heavy (non-hydrogen) atoms. The van der Waals surface area contributed by atoms with E-state index in [1.807, 2.05) is 56.5 Å². The van der Waals surface area contributed by atoms with Crippen molar-refractivity contribution in [2.24, 2.45) is 0 Å². The third-order valence-corrected chi connectivity index (χ3v) is 7.14. The van der Waals surface area contributed by atoms with Gasteiger partial charge >= 0.3 is 6.09 Å². The first-order valence-electron chi connectivity index (χ1n) is 11.3. The molecule has 0 spiro atoms. The summed E-state index contributed by atoms with van der Waals surface area (Å²) in [7, 11) is 0. The van der Waals surface area contributed by atoms with Gasteiger partial charge in [-0.05, 0) is 57.2 Å². The molecule has 2 aromatic heterocycles. The van der Waals surface area contributed by atoms with Crippen molar-refractivity contribution in [3.05, 3.63) is 51.7 Å². The van der Waals surface area contributed by atoms with E-state index in [2.05, 4.69) is 26.6 Å². The number of anilines is 2. The van der Waals surface area contributed by atoms with Crippen molar-refractivity contribution in [1.29, 1.82) is 5.26 Å². The smallest absolute Gasteiger partial charge is 0.407 e. The molecule has 8 nitrogen and oxygen atoms in total. The summed E-state index contributed by atoms with van der Waals surface area (Å²) in [6.45, 7) is 7.02. The maximum Gasteiger partial charge on any atom is 0.407 e. The first-order valence-corrected chi connectivity index (χ1v) is 13.1. The topological polar surface area (TPSA) is 107 Å². The van der Waals surface area contributed by atoms with Crippen molar-refractivity contribution >= 4 is 46.0 Å². The van der Waals surface area contributed by atoms with Crippen LogP contribution >= 0.6 is 22.7 Å². The predicted octanol–water partition coefficient (Wildman–Crippen LogP) is 5.49. The average Bonchev–Trinajstić information content (AvgIpc) is 3.48. The van der Waals surface area contributed by atoms with Crippen molar-refractivity contribution in [2.75, 3.05) is 23.3 Å². The van der Waals surface area contributed by atoms with Crippen LogP contribution in [0.5, 0.6) is 0 Å². The van der Waals surface area contributed by atoms with Crippen LogP contribution in [-0.4, -0.2) is 41.7 Å². The lowest BCUT2D eigenvalue weighted by atomic mass is 10.0. The number of aromatic nitrogens is 1. The summed E-state index contributed by atoms with van der Waals surface area (Å²) in [5.41, 5.74) is 2.18. The van der Waals surface area contributed by atoms with E-state index in [0.29, 0.717) is 21.3 Å². The molecule has 0 radical (unpaired) electrons. The molecule has 4 rings (SSSR count). The molecule has 182 valence electrons. The number of rotatable bonds is 5. The monoisotopic (exact) mass is 509 g/mol. The zero-order valence-corrected chi connectivity index (χ0v) is 21.5. The lowest BCUT2D eigenvalue weighted by molar-refractivity contribution is 0.0497. The van der Waals surface area contributed by atoms with Gasteiger partial charge in [0.15, 0.2) is 0 Å². The summed E-state index contributed by atoms with van der Waals surface area (Å²) < 4.78 is 5.36. The Balaban J connectivity index is 1.39. The lowest BCUT2D eigenvalue weighted by Crippen LogP contribution is -2.46. The standard InChI is InChI=1S/C25H27N5O3S2/c1-25(2,3)33-24(32)27-16-8-11-30(12-9-16)20-7-5-4-6-18(20)28-22(31)19-15-35-23(29-19)17-10-13-34-21(17)14-26/h4-7,10,13,15-16H,8-9,11-12H2,1-3H3,(H,27,32)(H,28,31). The van der Waals surface area contributed by atoms with Gasteiger partial charge in [-0.3, -0.25) is 4.79 Å². The number of thiazole rings is 1. The quantitative estimate of drug-likeness (QED) is 0.471. The van der Waals surface area contributed by atoms with E-state index in [1.54, 1.807) is 5.38 Å². The maximum absolute atomic E-state index is 13.0. The van der Waals surface area contributed by atoms with Crippen molar-refractivity contribution in [2.45, 2.75) is 45.3 Å². The molecule has 0 atom stereocenters. The number of carbonyl (C=O) groups is 2.